The maximum Gasteiger partial charge on any atom is 0.0607 e. The number of rotatable bonds is 0. The number of hydrogen-bond acceptors (Lipinski definition) is 1. The summed E-state index contributed by atoms with van der Waals surface area (Å²) in [6.45, 7) is 0. The zero-order chi connectivity index (χ0) is 6.85. The van der Waals surface area contributed by atoms with Gasteiger partial charge in [0, 0.05) is 5.70 Å². The molecule has 0 aromatic carbocycles. The summed E-state index contributed by atoms with van der Waals surface area (Å²) in [4.78, 5) is 0. The molecule has 2 N–H and O–H groups in total. The molecule has 0 saturated heterocycles. The minimum atomic E-state index is 0.0183. The standard InChI is InChI=1S/C6H7Cl2N/c7-4-1-2-6(9)5(8)3-4/h2-4H,1,9H2. The Morgan fingerprint density at radius 2 is 2.33 bits per heavy atom. The Morgan fingerprint density at radius 1 is 1.67 bits per heavy atom. The van der Waals surface area contributed by atoms with Gasteiger partial charge in [-0.15, -0.1) is 11.6 Å². The van der Waals surface area contributed by atoms with E-state index in [2.05, 4.69) is 0 Å². The molecule has 0 aromatic heterocycles. The smallest absolute Gasteiger partial charge is 0.0607 e. The van der Waals surface area contributed by atoms with E-state index in [0.717, 1.165) is 6.42 Å². The second-order valence-corrected chi connectivity index (χ2v) is 2.89. The van der Waals surface area contributed by atoms with E-state index in [9.17, 15) is 0 Å². The highest BCUT2D eigenvalue weighted by molar-refractivity contribution is 6.33. The van der Waals surface area contributed by atoms with E-state index in [-0.39, 0.29) is 5.38 Å². The Hall–Kier alpha value is -0.140. The maximum atomic E-state index is 5.72. The van der Waals surface area contributed by atoms with Gasteiger partial charge in [0.2, 0.25) is 0 Å². The molecule has 0 fully saturated rings. The molecule has 0 spiro atoms. The van der Waals surface area contributed by atoms with Crippen LogP contribution in [0.15, 0.2) is 22.9 Å². The van der Waals surface area contributed by atoms with Crippen LogP contribution in [0.3, 0.4) is 0 Å². The predicted molar refractivity (Wildman–Crippen MR) is 40.5 cm³/mol. The first kappa shape index (κ1) is 6.97. The Labute approximate surface area is 64.1 Å². The summed E-state index contributed by atoms with van der Waals surface area (Å²) in [5.74, 6) is 0. The average molecular weight is 164 g/mol. The summed E-state index contributed by atoms with van der Waals surface area (Å²) < 4.78 is 0. The van der Waals surface area contributed by atoms with Crippen molar-refractivity contribution in [2.45, 2.75) is 11.8 Å². The molecule has 1 rings (SSSR count). The Morgan fingerprint density at radius 3 is 2.78 bits per heavy atom. The molecule has 1 aliphatic rings. The molecule has 9 heavy (non-hydrogen) atoms. The first-order valence-electron chi connectivity index (χ1n) is 2.67. The lowest BCUT2D eigenvalue weighted by Crippen LogP contribution is -2.06. The zero-order valence-electron chi connectivity index (χ0n) is 4.77. The van der Waals surface area contributed by atoms with Gasteiger partial charge >= 0.3 is 0 Å². The van der Waals surface area contributed by atoms with Crippen LogP contribution in [-0.2, 0) is 0 Å². The summed E-state index contributed by atoms with van der Waals surface area (Å²) in [5.41, 5.74) is 6.08. The lowest BCUT2D eigenvalue weighted by atomic mass is 10.1. The molecule has 50 valence electrons. The second kappa shape index (κ2) is 2.63. The zero-order valence-corrected chi connectivity index (χ0v) is 6.28. The number of allylic oxidation sites excluding steroid dienone is 3. The average Bonchev–Trinajstić information content (AvgIpc) is 1.80. The lowest BCUT2D eigenvalue weighted by Gasteiger charge is -2.09. The van der Waals surface area contributed by atoms with Crippen molar-refractivity contribution in [3.8, 4) is 0 Å². The molecular weight excluding hydrogens is 157 g/mol. The fraction of sp³-hybridized carbons (Fsp3) is 0.333. The van der Waals surface area contributed by atoms with Crippen molar-refractivity contribution in [2.75, 3.05) is 0 Å². The SMILES string of the molecule is NC1=CCC(Cl)C=C1Cl. The van der Waals surface area contributed by atoms with E-state index in [1.165, 1.54) is 0 Å². The van der Waals surface area contributed by atoms with Gasteiger partial charge in [-0.05, 0) is 12.5 Å². The summed E-state index contributed by atoms with van der Waals surface area (Å²) >= 11 is 11.4. The van der Waals surface area contributed by atoms with E-state index < -0.39 is 0 Å². The third kappa shape index (κ3) is 1.63. The van der Waals surface area contributed by atoms with Gasteiger partial charge in [-0.1, -0.05) is 17.7 Å². The van der Waals surface area contributed by atoms with E-state index >= 15 is 0 Å². The first-order chi connectivity index (χ1) is 4.20. The van der Waals surface area contributed by atoms with Crippen molar-refractivity contribution in [3.05, 3.63) is 22.9 Å². The van der Waals surface area contributed by atoms with Crippen LogP contribution in [0.4, 0.5) is 0 Å². The molecule has 0 aliphatic heterocycles. The topological polar surface area (TPSA) is 26.0 Å². The number of hydrogen-bond donors (Lipinski definition) is 1. The van der Waals surface area contributed by atoms with Gasteiger partial charge in [0.05, 0.1) is 10.4 Å². The van der Waals surface area contributed by atoms with Crippen LogP contribution < -0.4 is 5.73 Å². The summed E-state index contributed by atoms with van der Waals surface area (Å²) in [6, 6.07) is 0. The maximum absolute atomic E-state index is 5.72. The van der Waals surface area contributed by atoms with Crippen molar-refractivity contribution in [2.24, 2.45) is 5.73 Å². The molecule has 0 saturated carbocycles. The van der Waals surface area contributed by atoms with Crippen LogP contribution in [0.5, 0.6) is 0 Å². The Bertz CT molecular complexity index is 172. The van der Waals surface area contributed by atoms with Gasteiger partial charge in [0.1, 0.15) is 0 Å². The van der Waals surface area contributed by atoms with Gasteiger partial charge in [0.15, 0.2) is 0 Å². The van der Waals surface area contributed by atoms with E-state index in [1.807, 2.05) is 6.08 Å². The van der Waals surface area contributed by atoms with Crippen molar-refractivity contribution in [1.29, 1.82) is 0 Å². The molecule has 1 atom stereocenters. The van der Waals surface area contributed by atoms with Crippen LogP contribution in [0, 0.1) is 0 Å². The van der Waals surface area contributed by atoms with Gasteiger partial charge in [-0.2, -0.15) is 0 Å². The molecule has 1 unspecified atom stereocenters. The summed E-state index contributed by atoms with van der Waals surface area (Å²) in [6.07, 6.45) is 4.36. The highest BCUT2D eigenvalue weighted by Crippen LogP contribution is 2.21. The van der Waals surface area contributed by atoms with Crippen LogP contribution in [0.25, 0.3) is 0 Å². The number of alkyl halides is 1. The van der Waals surface area contributed by atoms with Gasteiger partial charge < -0.3 is 5.73 Å². The second-order valence-electron chi connectivity index (χ2n) is 1.93. The molecule has 1 nitrogen and oxygen atoms in total. The summed E-state index contributed by atoms with van der Waals surface area (Å²) in [5, 5.41) is 0.589. The number of halogens is 2. The number of nitrogens with two attached hydrogens (primary N) is 1. The van der Waals surface area contributed by atoms with E-state index in [1.54, 1.807) is 6.08 Å². The quantitative estimate of drug-likeness (QED) is 0.544. The third-order valence-electron chi connectivity index (χ3n) is 1.17. The van der Waals surface area contributed by atoms with Gasteiger partial charge in [-0.25, -0.2) is 0 Å². The normalized spacial score (nSPS) is 27.1. The van der Waals surface area contributed by atoms with Crippen LogP contribution in [-0.4, -0.2) is 5.38 Å². The van der Waals surface area contributed by atoms with Crippen molar-refractivity contribution < 1.29 is 0 Å². The highest BCUT2D eigenvalue weighted by atomic mass is 35.5. The highest BCUT2D eigenvalue weighted by Gasteiger charge is 2.08. The molecule has 0 radical (unpaired) electrons. The Balaban J connectivity index is 2.75. The summed E-state index contributed by atoms with van der Waals surface area (Å²) in [7, 11) is 0. The largest absolute Gasteiger partial charge is 0.398 e. The van der Waals surface area contributed by atoms with Crippen LogP contribution >= 0.6 is 23.2 Å². The first-order valence-corrected chi connectivity index (χ1v) is 3.49. The molecule has 0 heterocycles. The minimum Gasteiger partial charge on any atom is -0.398 e. The minimum absolute atomic E-state index is 0.0183. The van der Waals surface area contributed by atoms with Crippen LogP contribution in [0.2, 0.25) is 0 Å². The van der Waals surface area contributed by atoms with E-state index in [0.29, 0.717) is 10.7 Å². The van der Waals surface area contributed by atoms with Crippen LogP contribution in [0.1, 0.15) is 6.42 Å². The monoisotopic (exact) mass is 163 g/mol. The molecule has 1 aliphatic carbocycles. The molecular formula is C6H7Cl2N. The predicted octanol–water partition coefficient (Wildman–Crippen LogP) is 1.96. The Kier molecular flexibility index (Phi) is 2.04. The van der Waals surface area contributed by atoms with Gasteiger partial charge in [0.25, 0.3) is 0 Å². The molecule has 0 aromatic rings. The molecule has 0 bridgehead atoms. The van der Waals surface area contributed by atoms with Crippen molar-refractivity contribution in [3.63, 3.8) is 0 Å². The van der Waals surface area contributed by atoms with Crippen molar-refractivity contribution >= 4 is 23.2 Å². The fourth-order valence-electron chi connectivity index (χ4n) is 0.660. The lowest BCUT2D eigenvalue weighted by molar-refractivity contribution is 1.01. The fourth-order valence-corrected chi connectivity index (χ4v) is 1.17. The van der Waals surface area contributed by atoms with Crippen molar-refractivity contribution in [1.82, 2.24) is 0 Å². The third-order valence-corrected chi connectivity index (χ3v) is 1.81. The molecule has 0 amide bonds. The van der Waals surface area contributed by atoms with E-state index in [4.69, 9.17) is 28.9 Å². The molecule has 3 heteroatoms. The van der Waals surface area contributed by atoms with Gasteiger partial charge in [-0.3, -0.25) is 0 Å².